The van der Waals surface area contributed by atoms with Gasteiger partial charge in [-0.25, -0.2) is 0 Å². The summed E-state index contributed by atoms with van der Waals surface area (Å²) in [5.74, 6) is 2.86. The van der Waals surface area contributed by atoms with Crippen LogP contribution in [0.3, 0.4) is 0 Å². The normalized spacial score (nSPS) is 23.7. The second-order valence-electron chi connectivity index (χ2n) is 5.82. The largest absolute Gasteiger partial charge is 0.407 e. The zero-order valence-corrected chi connectivity index (χ0v) is 13.1. The molecule has 2 aromatic rings. The molecule has 0 radical (unpaired) electrons. The lowest BCUT2D eigenvalue weighted by Gasteiger charge is -2.17. The van der Waals surface area contributed by atoms with E-state index in [4.69, 9.17) is 4.42 Å². The van der Waals surface area contributed by atoms with E-state index >= 15 is 0 Å². The van der Waals surface area contributed by atoms with Gasteiger partial charge >= 0.3 is 6.01 Å². The zero-order valence-electron chi connectivity index (χ0n) is 12.3. The van der Waals surface area contributed by atoms with Gasteiger partial charge in [-0.15, -0.1) is 16.9 Å². The highest BCUT2D eigenvalue weighted by atomic mass is 32.2. The average Bonchev–Trinajstić information content (AvgIpc) is 3.20. The number of nitrogens with zero attached hydrogens (tertiary/aromatic N) is 4. The quantitative estimate of drug-likeness (QED) is 0.638. The predicted octanol–water partition coefficient (Wildman–Crippen LogP) is 3.16. The van der Waals surface area contributed by atoms with E-state index in [1.54, 1.807) is 24.2 Å². The molecule has 2 atom stereocenters. The Bertz CT molecular complexity index is 641. The van der Waals surface area contributed by atoms with Crippen LogP contribution in [-0.2, 0) is 5.75 Å². The number of thioether (sulfide) groups is 1. The number of pyridine rings is 1. The van der Waals surface area contributed by atoms with Crippen LogP contribution in [0, 0.1) is 11.8 Å². The number of rotatable bonds is 4. The fraction of sp³-hybridized carbons (Fsp3) is 0.438. The molecule has 1 saturated heterocycles. The second kappa shape index (κ2) is 6.12. The van der Waals surface area contributed by atoms with Crippen LogP contribution in [0.2, 0.25) is 0 Å². The van der Waals surface area contributed by atoms with Gasteiger partial charge in [0.15, 0.2) is 0 Å². The van der Waals surface area contributed by atoms with Crippen LogP contribution < -0.4 is 4.90 Å². The van der Waals surface area contributed by atoms with Gasteiger partial charge in [-0.05, 0) is 36.8 Å². The molecule has 0 amide bonds. The molecule has 0 unspecified atom stereocenters. The molecule has 0 aromatic carbocycles. The number of anilines is 1. The van der Waals surface area contributed by atoms with Crippen LogP contribution in [0.1, 0.15) is 18.7 Å². The Hall–Kier alpha value is -1.82. The second-order valence-corrected chi connectivity index (χ2v) is 6.87. The third kappa shape index (κ3) is 2.88. The third-order valence-corrected chi connectivity index (χ3v) is 5.36. The maximum atomic E-state index is 5.84. The number of hydrogen-bond donors (Lipinski definition) is 0. The topological polar surface area (TPSA) is 55.1 Å². The van der Waals surface area contributed by atoms with Crippen LogP contribution in [0.4, 0.5) is 6.01 Å². The zero-order chi connectivity index (χ0) is 14.8. The molecule has 5 nitrogen and oxygen atoms in total. The van der Waals surface area contributed by atoms with Crippen molar-refractivity contribution in [1.29, 1.82) is 0 Å². The SMILES string of the molecule is C1=CC[C@H]2CN(c3nnc(CSc4ccncc4)o3)C[C@H]2C1. The molecule has 3 heterocycles. The van der Waals surface area contributed by atoms with E-state index in [1.807, 2.05) is 12.1 Å². The summed E-state index contributed by atoms with van der Waals surface area (Å²) in [6.45, 7) is 2.07. The number of allylic oxidation sites excluding steroid dienone is 2. The predicted molar refractivity (Wildman–Crippen MR) is 85.7 cm³/mol. The van der Waals surface area contributed by atoms with E-state index in [0.717, 1.165) is 29.8 Å². The van der Waals surface area contributed by atoms with Crippen molar-refractivity contribution in [1.82, 2.24) is 15.2 Å². The molecule has 0 bridgehead atoms. The average molecular weight is 314 g/mol. The van der Waals surface area contributed by atoms with Crippen LogP contribution in [0.5, 0.6) is 0 Å². The van der Waals surface area contributed by atoms with Crippen LogP contribution in [0.25, 0.3) is 0 Å². The molecule has 2 aliphatic rings. The highest BCUT2D eigenvalue weighted by Gasteiger charge is 2.34. The highest BCUT2D eigenvalue weighted by Crippen LogP contribution is 2.35. The van der Waals surface area contributed by atoms with E-state index in [2.05, 4.69) is 32.2 Å². The number of aromatic nitrogens is 3. The molecule has 1 fully saturated rings. The smallest absolute Gasteiger partial charge is 0.318 e. The summed E-state index contributed by atoms with van der Waals surface area (Å²) in [5.41, 5.74) is 0. The fourth-order valence-electron chi connectivity index (χ4n) is 3.18. The van der Waals surface area contributed by atoms with E-state index < -0.39 is 0 Å². The molecule has 0 N–H and O–H groups in total. The number of fused-ring (bicyclic) bond motifs is 1. The van der Waals surface area contributed by atoms with Gasteiger partial charge < -0.3 is 9.32 Å². The van der Waals surface area contributed by atoms with Crippen LogP contribution in [0.15, 0.2) is 46.0 Å². The van der Waals surface area contributed by atoms with Crippen molar-refractivity contribution in [2.45, 2.75) is 23.5 Å². The lowest BCUT2D eigenvalue weighted by molar-refractivity contribution is 0.411. The Kier molecular flexibility index (Phi) is 3.84. The first kappa shape index (κ1) is 13.8. The van der Waals surface area contributed by atoms with Crippen LogP contribution in [-0.4, -0.2) is 28.3 Å². The Morgan fingerprint density at radius 2 is 1.82 bits per heavy atom. The standard InChI is InChI=1S/C16H18N4OS/c1-2-4-13-10-20(9-12(13)3-1)16-19-18-15(21-16)11-22-14-5-7-17-8-6-14/h1-2,5-8,12-13H,3-4,9-11H2/t12-,13+. The summed E-state index contributed by atoms with van der Waals surface area (Å²) in [6, 6.07) is 4.65. The summed E-state index contributed by atoms with van der Waals surface area (Å²) in [7, 11) is 0. The summed E-state index contributed by atoms with van der Waals surface area (Å²) >= 11 is 1.68. The minimum Gasteiger partial charge on any atom is -0.407 e. The summed E-state index contributed by atoms with van der Waals surface area (Å²) < 4.78 is 5.84. The molecular formula is C16H18N4OS. The molecule has 22 heavy (non-hydrogen) atoms. The third-order valence-electron chi connectivity index (χ3n) is 4.36. The first-order chi connectivity index (χ1) is 10.9. The van der Waals surface area contributed by atoms with Gasteiger partial charge in [0.2, 0.25) is 5.89 Å². The minimum atomic E-state index is 0.680. The molecule has 0 spiro atoms. The van der Waals surface area contributed by atoms with Crippen LogP contribution >= 0.6 is 11.8 Å². The molecule has 2 aromatic heterocycles. The molecule has 1 aliphatic carbocycles. The lowest BCUT2D eigenvalue weighted by Crippen LogP contribution is -2.20. The Labute approximate surface area is 133 Å². The van der Waals surface area contributed by atoms with Crippen molar-refractivity contribution in [2.24, 2.45) is 11.8 Å². The van der Waals surface area contributed by atoms with Gasteiger partial charge in [-0.2, -0.15) is 0 Å². The molecule has 0 saturated carbocycles. The van der Waals surface area contributed by atoms with E-state index in [-0.39, 0.29) is 0 Å². The fourth-order valence-corrected chi connectivity index (χ4v) is 3.90. The van der Waals surface area contributed by atoms with Crippen molar-refractivity contribution in [3.63, 3.8) is 0 Å². The molecule has 6 heteroatoms. The van der Waals surface area contributed by atoms with Gasteiger partial charge in [0, 0.05) is 30.4 Å². The minimum absolute atomic E-state index is 0.680. The Balaban J connectivity index is 1.38. The van der Waals surface area contributed by atoms with Crippen molar-refractivity contribution in [3.05, 3.63) is 42.6 Å². The van der Waals surface area contributed by atoms with Gasteiger partial charge in [0.1, 0.15) is 0 Å². The van der Waals surface area contributed by atoms with Crippen molar-refractivity contribution in [3.8, 4) is 0 Å². The van der Waals surface area contributed by atoms with Gasteiger partial charge in [-0.1, -0.05) is 17.3 Å². The first-order valence-electron chi connectivity index (χ1n) is 7.63. The molecular weight excluding hydrogens is 296 g/mol. The maximum Gasteiger partial charge on any atom is 0.318 e. The molecule has 1 aliphatic heterocycles. The molecule has 114 valence electrons. The summed E-state index contributed by atoms with van der Waals surface area (Å²) in [4.78, 5) is 7.42. The van der Waals surface area contributed by atoms with E-state index in [1.165, 1.54) is 12.8 Å². The van der Waals surface area contributed by atoms with E-state index in [9.17, 15) is 0 Å². The monoisotopic (exact) mass is 314 g/mol. The molecule has 4 rings (SSSR count). The van der Waals surface area contributed by atoms with Crippen molar-refractivity contribution < 1.29 is 4.42 Å². The first-order valence-corrected chi connectivity index (χ1v) is 8.62. The maximum absolute atomic E-state index is 5.84. The van der Waals surface area contributed by atoms with Gasteiger partial charge in [-0.3, -0.25) is 4.98 Å². The van der Waals surface area contributed by atoms with Crippen molar-refractivity contribution >= 4 is 17.8 Å². The number of hydrogen-bond acceptors (Lipinski definition) is 6. The van der Waals surface area contributed by atoms with Crippen molar-refractivity contribution in [2.75, 3.05) is 18.0 Å². The highest BCUT2D eigenvalue weighted by molar-refractivity contribution is 7.98. The van der Waals surface area contributed by atoms with Gasteiger partial charge in [0.25, 0.3) is 0 Å². The Morgan fingerprint density at radius 3 is 2.55 bits per heavy atom. The Morgan fingerprint density at radius 1 is 1.09 bits per heavy atom. The van der Waals surface area contributed by atoms with E-state index in [0.29, 0.717) is 17.7 Å². The van der Waals surface area contributed by atoms with Gasteiger partial charge in [0.05, 0.1) is 5.75 Å². The lowest BCUT2D eigenvalue weighted by atomic mass is 9.86. The summed E-state index contributed by atoms with van der Waals surface area (Å²) in [6.07, 6.45) is 10.5. The summed E-state index contributed by atoms with van der Waals surface area (Å²) in [5, 5.41) is 8.41.